The standard InChI is InChI=1S/C22H29N5O/c1-16-13-17(2)25-22(24-16)26-11-8-18(9-12-26)14-21(28)27(20-6-7-20)15-19-5-3-4-10-23-19/h3-5,10,13,18,20H,6-9,11-12,14-15H2,1-2H3. The van der Waals surface area contributed by atoms with Gasteiger partial charge in [0.05, 0.1) is 12.2 Å². The molecule has 6 heteroatoms. The molecule has 2 fully saturated rings. The minimum atomic E-state index is 0.286. The summed E-state index contributed by atoms with van der Waals surface area (Å²) >= 11 is 0. The zero-order valence-electron chi connectivity index (χ0n) is 16.8. The maximum atomic E-state index is 13.0. The highest BCUT2D eigenvalue weighted by molar-refractivity contribution is 5.77. The third-order valence-corrected chi connectivity index (χ3v) is 5.70. The lowest BCUT2D eigenvalue weighted by atomic mass is 9.93. The van der Waals surface area contributed by atoms with Crippen molar-refractivity contribution in [2.75, 3.05) is 18.0 Å². The minimum absolute atomic E-state index is 0.286. The number of anilines is 1. The second kappa shape index (κ2) is 8.25. The van der Waals surface area contributed by atoms with Crippen LogP contribution in [0.5, 0.6) is 0 Å². The zero-order valence-corrected chi connectivity index (χ0v) is 16.8. The van der Waals surface area contributed by atoms with Crippen molar-refractivity contribution < 1.29 is 4.79 Å². The normalized spacial score (nSPS) is 17.6. The molecule has 2 aliphatic rings. The first-order chi connectivity index (χ1) is 13.6. The summed E-state index contributed by atoms with van der Waals surface area (Å²) in [6.07, 6.45) is 6.73. The summed E-state index contributed by atoms with van der Waals surface area (Å²) < 4.78 is 0. The van der Waals surface area contributed by atoms with E-state index < -0.39 is 0 Å². The molecule has 0 radical (unpaired) electrons. The van der Waals surface area contributed by atoms with Gasteiger partial charge in [-0.25, -0.2) is 9.97 Å². The molecule has 4 rings (SSSR count). The zero-order chi connectivity index (χ0) is 19.5. The number of aromatic nitrogens is 3. The molecule has 2 aromatic heterocycles. The Morgan fingerprint density at radius 3 is 2.43 bits per heavy atom. The average molecular weight is 380 g/mol. The van der Waals surface area contributed by atoms with E-state index in [-0.39, 0.29) is 5.91 Å². The van der Waals surface area contributed by atoms with Gasteiger partial charge < -0.3 is 9.80 Å². The van der Waals surface area contributed by atoms with Crippen molar-refractivity contribution in [2.24, 2.45) is 5.92 Å². The van der Waals surface area contributed by atoms with Crippen LogP contribution in [0.3, 0.4) is 0 Å². The molecular formula is C22H29N5O. The number of hydrogen-bond acceptors (Lipinski definition) is 5. The highest BCUT2D eigenvalue weighted by atomic mass is 16.2. The van der Waals surface area contributed by atoms with E-state index in [1.54, 1.807) is 6.20 Å². The molecule has 0 spiro atoms. The van der Waals surface area contributed by atoms with Gasteiger partial charge >= 0.3 is 0 Å². The third kappa shape index (κ3) is 4.66. The van der Waals surface area contributed by atoms with Gasteiger partial charge in [0.1, 0.15) is 0 Å². The Balaban J connectivity index is 1.32. The summed E-state index contributed by atoms with van der Waals surface area (Å²) in [5.41, 5.74) is 2.99. The molecule has 1 aliphatic heterocycles. The Hall–Kier alpha value is -2.50. The van der Waals surface area contributed by atoms with Gasteiger partial charge in [0, 0.05) is 43.1 Å². The highest BCUT2D eigenvalue weighted by Gasteiger charge is 2.34. The van der Waals surface area contributed by atoms with Gasteiger partial charge in [0.25, 0.3) is 0 Å². The van der Waals surface area contributed by atoms with E-state index in [1.165, 1.54) is 0 Å². The van der Waals surface area contributed by atoms with E-state index in [0.29, 0.717) is 24.9 Å². The molecule has 0 aromatic carbocycles. The van der Waals surface area contributed by atoms with Crippen molar-refractivity contribution in [3.63, 3.8) is 0 Å². The molecule has 1 aliphatic carbocycles. The number of rotatable bonds is 6. The van der Waals surface area contributed by atoms with E-state index in [4.69, 9.17) is 0 Å². The molecule has 3 heterocycles. The van der Waals surface area contributed by atoms with E-state index >= 15 is 0 Å². The molecule has 1 saturated carbocycles. The Kier molecular flexibility index (Phi) is 5.55. The second-order valence-corrected chi connectivity index (χ2v) is 8.16. The van der Waals surface area contributed by atoms with Crippen LogP contribution in [-0.2, 0) is 11.3 Å². The van der Waals surface area contributed by atoms with Crippen molar-refractivity contribution >= 4 is 11.9 Å². The molecule has 6 nitrogen and oxygen atoms in total. The lowest BCUT2D eigenvalue weighted by molar-refractivity contribution is -0.133. The quantitative estimate of drug-likeness (QED) is 0.771. The third-order valence-electron chi connectivity index (χ3n) is 5.70. The summed E-state index contributed by atoms with van der Waals surface area (Å²) in [6.45, 7) is 6.50. The van der Waals surface area contributed by atoms with Gasteiger partial charge in [-0.15, -0.1) is 0 Å². The van der Waals surface area contributed by atoms with E-state index in [1.807, 2.05) is 38.1 Å². The lowest BCUT2D eigenvalue weighted by Gasteiger charge is -2.33. The smallest absolute Gasteiger partial charge is 0.225 e. The summed E-state index contributed by atoms with van der Waals surface area (Å²) in [5, 5.41) is 0. The number of carbonyl (C=O) groups is 1. The first-order valence-corrected chi connectivity index (χ1v) is 10.3. The van der Waals surface area contributed by atoms with Crippen LogP contribution < -0.4 is 4.90 Å². The molecule has 1 saturated heterocycles. The monoisotopic (exact) mass is 379 g/mol. The van der Waals surface area contributed by atoms with Crippen molar-refractivity contribution in [2.45, 2.75) is 58.5 Å². The van der Waals surface area contributed by atoms with Gasteiger partial charge in [-0.05, 0) is 63.6 Å². The molecule has 0 unspecified atom stereocenters. The number of amides is 1. The van der Waals surface area contributed by atoms with Crippen LogP contribution in [0, 0.1) is 19.8 Å². The molecule has 2 aromatic rings. The van der Waals surface area contributed by atoms with Crippen LogP contribution in [0.4, 0.5) is 5.95 Å². The molecular weight excluding hydrogens is 350 g/mol. The van der Waals surface area contributed by atoms with Crippen molar-refractivity contribution in [1.29, 1.82) is 0 Å². The van der Waals surface area contributed by atoms with Crippen molar-refractivity contribution in [1.82, 2.24) is 19.9 Å². The largest absolute Gasteiger partial charge is 0.341 e. The second-order valence-electron chi connectivity index (χ2n) is 8.16. The number of hydrogen-bond donors (Lipinski definition) is 0. The van der Waals surface area contributed by atoms with Gasteiger partial charge in [0.15, 0.2) is 0 Å². The number of nitrogens with zero attached hydrogens (tertiary/aromatic N) is 5. The van der Waals surface area contributed by atoms with E-state index in [9.17, 15) is 4.79 Å². The van der Waals surface area contributed by atoms with E-state index in [0.717, 1.165) is 61.8 Å². The summed E-state index contributed by atoms with van der Waals surface area (Å²) in [6, 6.07) is 8.33. The van der Waals surface area contributed by atoms with Gasteiger partial charge in [-0.3, -0.25) is 9.78 Å². The Bertz CT molecular complexity index is 793. The summed E-state index contributed by atoms with van der Waals surface area (Å²) in [4.78, 5) is 30.9. The number of pyridine rings is 1. The Morgan fingerprint density at radius 1 is 1.11 bits per heavy atom. The topological polar surface area (TPSA) is 62.2 Å². The number of piperidine rings is 1. The molecule has 148 valence electrons. The number of aryl methyl sites for hydroxylation is 2. The van der Waals surface area contributed by atoms with Gasteiger partial charge in [-0.2, -0.15) is 0 Å². The predicted octanol–water partition coefficient (Wildman–Crippen LogP) is 3.29. The average Bonchev–Trinajstić information content (AvgIpc) is 3.52. The molecule has 0 N–H and O–H groups in total. The van der Waals surface area contributed by atoms with Crippen LogP contribution in [0.25, 0.3) is 0 Å². The fourth-order valence-electron chi connectivity index (χ4n) is 4.02. The van der Waals surface area contributed by atoms with Crippen molar-refractivity contribution in [3.05, 3.63) is 47.5 Å². The predicted molar refractivity (Wildman–Crippen MR) is 109 cm³/mol. The molecule has 28 heavy (non-hydrogen) atoms. The van der Waals surface area contributed by atoms with Crippen LogP contribution in [0.15, 0.2) is 30.5 Å². The van der Waals surface area contributed by atoms with Crippen LogP contribution in [0.2, 0.25) is 0 Å². The van der Waals surface area contributed by atoms with Crippen LogP contribution in [0.1, 0.15) is 49.2 Å². The Labute approximate surface area is 167 Å². The SMILES string of the molecule is Cc1cc(C)nc(N2CCC(CC(=O)N(Cc3ccccn3)C3CC3)CC2)n1. The van der Waals surface area contributed by atoms with Crippen molar-refractivity contribution in [3.8, 4) is 0 Å². The Morgan fingerprint density at radius 2 is 1.82 bits per heavy atom. The maximum Gasteiger partial charge on any atom is 0.225 e. The van der Waals surface area contributed by atoms with Gasteiger partial charge in [0.2, 0.25) is 11.9 Å². The van der Waals surface area contributed by atoms with Crippen LogP contribution >= 0.6 is 0 Å². The maximum absolute atomic E-state index is 13.0. The molecule has 0 bridgehead atoms. The summed E-state index contributed by atoms with van der Waals surface area (Å²) in [7, 11) is 0. The summed E-state index contributed by atoms with van der Waals surface area (Å²) in [5.74, 6) is 1.56. The first kappa shape index (κ1) is 18.8. The molecule has 1 amide bonds. The highest BCUT2D eigenvalue weighted by Crippen LogP contribution is 2.31. The minimum Gasteiger partial charge on any atom is -0.341 e. The lowest BCUT2D eigenvalue weighted by Crippen LogP contribution is -2.38. The fourth-order valence-corrected chi connectivity index (χ4v) is 4.02. The number of carbonyl (C=O) groups excluding carboxylic acids is 1. The first-order valence-electron chi connectivity index (χ1n) is 10.3. The van der Waals surface area contributed by atoms with E-state index in [2.05, 4.69) is 24.8 Å². The fraction of sp³-hybridized carbons (Fsp3) is 0.545. The van der Waals surface area contributed by atoms with Crippen LogP contribution in [-0.4, -0.2) is 44.9 Å². The van der Waals surface area contributed by atoms with Gasteiger partial charge in [-0.1, -0.05) is 6.07 Å². The molecule has 0 atom stereocenters.